The largest absolute Gasteiger partial charge is 0.342 e. The lowest BCUT2D eigenvalue weighted by atomic mass is 9.83. The molecule has 1 N–H and O–H groups in total. The third-order valence-corrected chi connectivity index (χ3v) is 4.36. The van der Waals surface area contributed by atoms with E-state index in [0.29, 0.717) is 5.92 Å². The van der Waals surface area contributed by atoms with Crippen molar-refractivity contribution in [3.05, 3.63) is 0 Å². The molecular weight excluding hydrogens is 240 g/mol. The lowest BCUT2D eigenvalue weighted by Gasteiger charge is -2.46. The van der Waals surface area contributed by atoms with Crippen LogP contribution < -0.4 is 5.32 Å². The van der Waals surface area contributed by atoms with E-state index in [1.54, 1.807) is 4.90 Å². The highest BCUT2D eigenvalue weighted by Crippen LogP contribution is 2.28. The summed E-state index contributed by atoms with van der Waals surface area (Å²) in [5.74, 6) is 0.389. The number of rotatable bonds is 3. The van der Waals surface area contributed by atoms with Gasteiger partial charge in [-0.25, -0.2) is 0 Å². The zero-order chi connectivity index (χ0) is 15.0. The predicted molar refractivity (Wildman–Crippen MR) is 76.6 cm³/mol. The van der Waals surface area contributed by atoms with Gasteiger partial charge in [-0.2, -0.15) is 0 Å². The molecule has 0 aliphatic carbocycles. The zero-order valence-electron chi connectivity index (χ0n) is 13.3. The number of hydrogen-bond acceptors (Lipinski definition) is 2. The Hall–Kier alpha value is -1.06. The highest BCUT2D eigenvalue weighted by Gasteiger charge is 2.45. The molecule has 0 aromatic rings. The van der Waals surface area contributed by atoms with E-state index in [4.69, 9.17) is 0 Å². The van der Waals surface area contributed by atoms with E-state index >= 15 is 0 Å². The van der Waals surface area contributed by atoms with Crippen LogP contribution >= 0.6 is 0 Å². The molecule has 4 unspecified atom stereocenters. The second kappa shape index (κ2) is 5.51. The first-order valence-electron chi connectivity index (χ1n) is 7.23. The fourth-order valence-corrected chi connectivity index (χ4v) is 2.55. The normalized spacial score (nSPS) is 28.1. The van der Waals surface area contributed by atoms with Crippen molar-refractivity contribution in [2.45, 2.75) is 73.0 Å². The van der Waals surface area contributed by atoms with Gasteiger partial charge in [0.25, 0.3) is 0 Å². The number of amides is 2. The smallest absolute Gasteiger partial charge is 0.246 e. The molecule has 110 valence electrons. The van der Waals surface area contributed by atoms with Crippen molar-refractivity contribution in [1.82, 2.24) is 10.2 Å². The van der Waals surface area contributed by atoms with Gasteiger partial charge >= 0.3 is 0 Å². The summed E-state index contributed by atoms with van der Waals surface area (Å²) in [6.07, 6.45) is 0.999. The van der Waals surface area contributed by atoms with E-state index in [0.717, 1.165) is 6.42 Å². The van der Waals surface area contributed by atoms with Gasteiger partial charge in [-0.3, -0.25) is 9.59 Å². The molecular formula is C15H28N2O2. The Balaban J connectivity index is 3.06. The fraction of sp³-hybridized carbons (Fsp3) is 0.867. The summed E-state index contributed by atoms with van der Waals surface area (Å²) in [5, 5.41) is 2.87. The molecule has 0 bridgehead atoms. The maximum Gasteiger partial charge on any atom is 0.246 e. The fourth-order valence-electron chi connectivity index (χ4n) is 2.55. The predicted octanol–water partition coefficient (Wildman–Crippen LogP) is 2.18. The molecule has 1 heterocycles. The molecule has 4 heteroatoms. The maximum absolute atomic E-state index is 12.7. The minimum Gasteiger partial charge on any atom is -0.342 e. The molecule has 0 aromatic heterocycles. The summed E-state index contributed by atoms with van der Waals surface area (Å²) in [6, 6.07) is -0.721. The zero-order valence-corrected chi connectivity index (χ0v) is 13.3. The number of carbonyl (C=O) groups excluding carboxylic acids is 2. The molecule has 1 aliphatic heterocycles. The van der Waals surface area contributed by atoms with Crippen molar-refractivity contribution in [2.75, 3.05) is 0 Å². The number of piperazine rings is 1. The first kappa shape index (κ1) is 16.0. The van der Waals surface area contributed by atoms with Crippen LogP contribution in [0.4, 0.5) is 0 Å². The van der Waals surface area contributed by atoms with Gasteiger partial charge in [0.15, 0.2) is 0 Å². The van der Waals surface area contributed by atoms with Gasteiger partial charge < -0.3 is 10.2 Å². The van der Waals surface area contributed by atoms with Gasteiger partial charge in [-0.15, -0.1) is 0 Å². The molecule has 1 saturated heterocycles. The number of nitrogens with zero attached hydrogens (tertiary/aromatic N) is 1. The van der Waals surface area contributed by atoms with Crippen LogP contribution in [0.25, 0.3) is 0 Å². The Morgan fingerprint density at radius 1 is 1.26 bits per heavy atom. The second-order valence-corrected chi connectivity index (χ2v) is 6.86. The van der Waals surface area contributed by atoms with E-state index in [1.165, 1.54) is 0 Å². The SMILES string of the molecule is CCC(C)C(C)N1C(=O)C(C(C)(C)C)NC(=O)C1C. The molecule has 1 rings (SSSR count). The third-order valence-electron chi connectivity index (χ3n) is 4.36. The minimum atomic E-state index is -0.428. The third kappa shape index (κ3) is 3.10. The van der Waals surface area contributed by atoms with Crippen LogP contribution in [0, 0.1) is 11.3 Å². The molecule has 0 aromatic carbocycles. The van der Waals surface area contributed by atoms with Crippen molar-refractivity contribution in [3.8, 4) is 0 Å². The van der Waals surface area contributed by atoms with Crippen LogP contribution in [-0.4, -0.2) is 34.8 Å². The maximum atomic E-state index is 12.7. The van der Waals surface area contributed by atoms with E-state index in [2.05, 4.69) is 19.2 Å². The van der Waals surface area contributed by atoms with Crippen molar-refractivity contribution in [1.29, 1.82) is 0 Å². The molecule has 0 spiro atoms. The van der Waals surface area contributed by atoms with Gasteiger partial charge in [-0.1, -0.05) is 41.0 Å². The lowest BCUT2D eigenvalue weighted by Crippen LogP contribution is -2.68. The first-order valence-corrected chi connectivity index (χ1v) is 7.23. The van der Waals surface area contributed by atoms with Gasteiger partial charge in [0, 0.05) is 6.04 Å². The Labute approximate surface area is 116 Å². The standard InChI is InChI=1S/C15H28N2O2/c1-8-9(2)10(3)17-11(4)13(18)16-12(14(17)19)15(5,6)7/h9-12H,8H2,1-7H3,(H,16,18). The molecule has 4 atom stereocenters. The second-order valence-electron chi connectivity index (χ2n) is 6.86. The van der Waals surface area contributed by atoms with Gasteiger partial charge in [-0.05, 0) is 25.2 Å². The van der Waals surface area contributed by atoms with Crippen molar-refractivity contribution in [3.63, 3.8) is 0 Å². The molecule has 1 fully saturated rings. The van der Waals surface area contributed by atoms with Crippen LogP contribution in [0.15, 0.2) is 0 Å². The highest BCUT2D eigenvalue weighted by molar-refractivity contribution is 5.97. The monoisotopic (exact) mass is 268 g/mol. The first-order chi connectivity index (χ1) is 8.61. The minimum absolute atomic E-state index is 0.0466. The van der Waals surface area contributed by atoms with E-state index in [-0.39, 0.29) is 29.3 Å². The van der Waals surface area contributed by atoms with E-state index in [9.17, 15) is 9.59 Å². The average Bonchev–Trinajstić information content (AvgIpc) is 2.31. The lowest BCUT2D eigenvalue weighted by molar-refractivity contribution is -0.155. The Bertz CT molecular complexity index is 360. The highest BCUT2D eigenvalue weighted by atomic mass is 16.2. The molecule has 0 saturated carbocycles. The van der Waals surface area contributed by atoms with E-state index in [1.807, 2.05) is 34.6 Å². The Morgan fingerprint density at radius 2 is 1.79 bits per heavy atom. The number of carbonyl (C=O) groups is 2. The molecule has 2 amide bonds. The van der Waals surface area contributed by atoms with Crippen LogP contribution in [-0.2, 0) is 9.59 Å². The van der Waals surface area contributed by atoms with Crippen LogP contribution in [0.5, 0.6) is 0 Å². The van der Waals surface area contributed by atoms with Crippen molar-refractivity contribution in [2.24, 2.45) is 11.3 Å². The summed E-state index contributed by atoms with van der Waals surface area (Å²) in [5.41, 5.74) is -0.264. The van der Waals surface area contributed by atoms with Gasteiger partial charge in [0.2, 0.25) is 11.8 Å². The van der Waals surface area contributed by atoms with Gasteiger partial charge in [0.05, 0.1) is 0 Å². The van der Waals surface area contributed by atoms with Crippen molar-refractivity contribution >= 4 is 11.8 Å². The summed E-state index contributed by atoms with van der Waals surface area (Å²) < 4.78 is 0. The summed E-state index contributed by atoms with van der Waals surface area (Å²) >= 11 is 0. The van der Waals surface area contributed by atoms with Crippen LogP contribution in [0.1, 0.15) is 54.9 Å². The van der Waals surface area contributed by atoms with Crippen molar-refractivity contribution < 1.29 is 9.59 Å². The van der Waals surface area contributed by atoms with Crippen LogP contribution in [0.3, 0.4) is 0 Å². The quantitative estimate of drug-likeness (QED) is 0.853. The molecule has 1 aliphatic rings. The average molecular weight is 268 g/mol. The number of nitrogens with one attached hydrogen (secondary N) is 1. The van der Waals surface area contributed by atoms with Crippen LogP contribution in [0.2, 0.25) is 0 Å². The molecule has 19 heavy (non-hydrogen) atoms. The Morgan fingerprint density at radius 3 is 2.21 bits per heavy atom. The van der Waals surface area contributed by atoms with Gasteiger partial charge in [0.1, 0.15) is 12.1 Å². The number of hydrogen-bond donors (Lipinski definition) is 1. The topological polar surface area (TPSA) is 49.4 Å². The van der Waals surface area contributed by atoms with E-state index < -0.39 is 6.04 Å². The summed E-state index contributed by atoms with van der Waals surface area (Å²) in [6.45, 7) is 14.0. The summed E-state index contributed by atoms with van der Waals surface area (Å²) in [4.78, 5) is 26.6. The Kier molecular flexibility index (Phi) is 4.64. The molecule has 0 radical (unpaired) electrons. The molecule has 4 nitrogen and oxygen atoms in total. The summed E-state index contributed by atoms with van der Waals surface area (Å²) in [7, 11) is 0.